The summed E-state index contributed by atoms with van der Waals surface area (Å²) in [6.07, 6.45) is 1.17. The van der Waals surface area contributed by atoms with Crippen LogP contribution in [0.1, 0.15) is 26.3 Å². The van der Waals surface area contributed by atoms with Gasteiger partial charge in [-0.1, -0.05) is 12.1 Å². The number of carbonyl (C=O) groups is 1. The first-order chi connectivity index (χ1) is 9.76. The standard InChI is InChI=1S/C15H20N4O2/c1-9-5-6-10(11-8-17-19-13(11)16)7-12(9)18-14(20)21-15(2,3)4/h5-8H,1-4H3,(H,18,20)(H3,16,17,19). The van der Waals surface area contributed by atoms with Gasteiger partial charge in [0, 0.05) is 11.3 Å². The lowest BCUT2D eigenvalue weighted by Gasteiger charge is -2.20. The quantitative estimate of drug-likeness (QED) is 0.790. The summed E-state index contributed by atoms with van der Waals surface area (Å²) in [5.41, 5.74) is 8.56. The lowest BCUT2D eigenvalue weighted by Crippen LogP contribution is -2.27. The summed E-state index contributed by atoms with van der Waals surface area (Å²) in [6, 6.07) is 5.69. The Labute approximate surface area is 123 Å². The molecule has 2 rings (SSSR count). The summed E-state index contributed by atoms with van der Waals surface area (Å²) < 4.78 is 5.26. The molecule has 0 saturated carbocycles. The zero-order valence-electron chi connectivity index (χ0n) is 12.7. The van der Waals surface area contributed by atoms with Crippen LogP contribution in [0.4, 0.5) is 16.3 Å². The Bertz CT molecular complexity index is 656. The normalized spacial score (nSPS) is 11.2. The van der Waals surface area contributed by atoms with E-state index in [1.807, 2.05) is 45.9 Å². The number of aryl methyl sites for hydroxylation is 1. The van der Waals surface area contributed by atoms with Crippen molar-refractivity contribution in [3.63, 3.8) is 0 Å². The van der Waals surface area contributed by atoms with Crippen LogP contribution in [0, 0.1) is 6.92 Å². The van der Waals surface area contributed by atoms with Gasteiger partial charge in [-0.15, -0.1) is 0 Å². The zero-order valence-corrected chi connectivity index (χ0v) is 12.7. The maximum absolute atomic E-state index is 11.9. The number of aromatic nitrogens is 2. The molecule has 2 aromatic rings. The molecule has 0 aliphatic heterocycles. The molecule has 1 amide bonds. The second-order valence-electron chi connectivity index (χ2n) is 5.85. The average Bonchev–Trinajstić information content (AvgIpc) is 2.76. The summed E-state index contributed by atoms with van der Waals surface area (Å²) in [5.74, 6) is 0.488. The van der Waals surface area contributed by atoms with E-state index in [1.165, 1.54) is 0 Å². The van der Waals surface area contributed by atoms with Gasteiger partial charge in [0.15, 0.2) is 0 Å². The molecule has 0 aliphatic carbocycles. The third-order valence-corrected chi connectivity index (χ3v) is 2.85. The molecule has 0 unspecified atom stereocenters. The highest BCUT2D eigenvalue weighted by Crippen LogP contribution is 2.28. The van der Waals surface area contributed by atoms with Gasteiger partial charge in [-0.25, -0.2) is 4.79 Å². The molecule has 1 heterocycles. The number of nitrogen functional groups attached to an aromatic ring is 1. The van der Waals surface area contributed by atoms with Crippen molar-refractivity contribution in [1.29, 1.82) is 0 Å². The van der Waals surface area contributed by atoms with E-state index in [0.29, 0.717) is 11.5 Å². The molecule has 0 bridgehead atoms. The number of carbonyl (C=O) groups excluding carboxylic acids is 1. The second kappa shape index (κ2) is 5.47. The molecule has 0 radical (unpaired) electrons. The summed E-state index contributed by atoms with van der Waals surface area (Å²) >= 11 is 0. The topological polar surface area (TPSA) is 93.0 Å². The highest BCUT2D eigenvalue weighted by Gasteiger charge is 2.17. The molecule has 1 aromatic heterocycles. The second-order valence-corrected chi connectivity index (χ2v) is 5.85. The average molecular weight is 288 g/mol. The van der Waals surface area contributed by atoms with E-state index >= 15 is 0 Å². The Morgan fingerprint density at radius 2 is 2.10 bits per heavy atom. The Hall–Kier alpha value is -2.50. The van der Waals surface area contributed by atoms with Crippen molar-refractivity contribution in [2.24, 2.45) is 0 Å². The molecule has 0 fully saturated rings. The lowest BCUT2D eigenvalue weighted by atomic mass is 10.1. The van der Waals surface area contributed by atoms with Crippen LogP contribution in [0.5, 0.6) is 0 Å². The summed E-state index contributed by atoms with van der Waals surface area (Å²) in [7, 11) is 0. The van der Waals surface area contributed by atoms with Crippen LogP contribution in [-0.2, 0) is 4.74 Å². The SMILES string of the molecule is Cc1ccc(-c2cn[nH]c2N)cc1NC(=O)OC(C)(C)C. The number of anilines is 2. The molecule has 1 aromatic carbocycles. The van der Waals surface area contributed by atoms with Crippen LogP contribution in [0.3, 0.4) is 0 Å². The van der Waals surface area contributed by atoms with Gasteiger partial charge in [0.1, 0.15) is 11.4 Å². The van der Waals surface area contributed by atoms with E-state index in [9.17, 15) is 4.79 Å². The van der Waals surface area contributed by atoms with Crippen molar-refractivity contribution < 1.29 is 9.53 Å². The fraction of sp³-hybridized carbons (Fsp3) is 0.333. The molecule has 4 N–H and O–H groups in total. The Balaban J connectivity index is 2.24. The number of rotatable bonds is 2. The molecule has 6 heteroatoms. The first-order valence-electron chi connectivity index (χ1n) is 6.66. The van der Waals surface area contributed by atoms with Crippen molar-refractivity contribution in [3.05, 3.63) is 30.0 Å². The molecular weight excluding hydrogens is 268 g/mol. The number of hydrogen-bond donors (Lipinski definition) is 3. The van der Waals surface area contributed by atoms with Crippen LogP contribution >= 0.6 is 0 Å². The van der Waals surface area contributed by atoms with E-state index in [0.717, 1.165) is 16.7 Å². The molecule has 0 spiro atoms. The number of ether oxygens (including phenoxy) is 1. The summed E-state index contributed by atoms with van der Waals surface area (Å²) in [6.45, 7) is 7.38. The number of hydrogen-bond acceptors (Lipinski definition) is 4. The minimum atomic E-state index is -0.537. The van der Waals surface area contributed by atoms with Crippen LogP contribution in [0.15, 0.2) is 24.4 Å². The van der Waals surface area contributed by atoms with E-state index < -0.39 is 11.7 Å². The molecule has 21 heavy (non-hydrogen) atoms. The van der Waals surface area contributed by atoms with Gasteiger partial charge in [0.05, 0.1) is 6.20 Å². The first kappa shape index (κ1) is 14.9. The minimum Gasteiger partial charge on any atom is -0.444 e. The van der Waals surface area contributed by atoms with Gasteiger partial charge >= 0.3 is 6.09 Å². The number of H-pyrrole nitrogens is 1. The van der Waals surface area contributed by atoms with Gasteiger partial charge in [-0.05, 0) is 44.9 Å². The number of aromatic amines is 1. The fourth-order valence-corrected chi connectivity index (χ4v) is 1.86. The van der Waals surface area contributed by atoms with E-state index in [2.05, 4.69) is 15.5 Å². The van der Waals surface area contributed by atoms with Gasteiger partial charge in [-0.2, -0.15) is 5.10 Å². The van der Waals surface area contributed by atoms with E-state index in [1.54, 1.807) is 6.20 Å². The van der Waals surface area contributed by atoms with Gasteiger partial charge in [0.2, 0.25) is 0 Å². The van der Waals surface area contributed by atoms with Gasteiger partial charge < -0.3 is 10.5 Å². The number of nitrogens with zero attached hydrogens (tertiary/aromatic N) is 1. The van der Waals surface area contributed by atoms with Crippen LogP contribution < -0.4 is 11.1 Å². The zero-order chi connectivity index (χ0) is 15.6. The molecule has 6 nitrogen and oxygen atoms in total. The van der Waals surface area contributed by atoms with Crippen LogP contribution in [-0.4, -0.2) is 21.9 Å². The molecule has 112 valence electrons. The van der Waals surface area contributed by atoms with Gasteiger partial charge in [0.25, 0.3) is 0 Å². The molecule has 0 saturated heterocycles. The fourth-order valence-electron chi connectivity index (χ4n) is 1.86. The van der Waals surface area contributed by atoms with Crippen molar-refractivity contribution in [3.8, 4) is 11.1 Å². The third-order valence-electron chi connectivity index (χ3n) is 2.85. The third kappa shape index (κ3) is 3.75. The Morgan fingerprint density at radius 3 is 2.67 bits per heavy atom. The summed E-state index contributed by atoms with van der Waals surface area (Å²) in [5, 5.41) is 9.34. The van der Waals surface area contributed by atoms with Crippen molar-refractivity contribution in [2.45, 2.75) is 33.3 Å². The van der Waals surface area contributed by atoms with Gasteiger partial charge in [-0.3, -0.25) is 10.4 Å². The summed E-state index contributed by atoms with van der Waals surface area (Å²) in [4.78, 5) is 11.9. The minimum absolute atomic E-state index is 0.483. The largest absolute Gasteiger partial charge is 0.444 e. The predicted octanol–water partition coefficient (Wildman–Crippen LogP) is 3.31. The van der Waals surface area contributed by atoms with E-state index in [4.69, 9.17) is 10.5 Å². The molecule has 0 atom stereocenters. The smallest absolute Gasteiger partial charge is 0.412 e. The molecule has 0 aliphatic rings. The lowest BCUT2D eigenvalue weighted by molar-refractivity contribution is 0.0636. The van der Waals surface area contributed by atoms with Crippen LogP contribution in [0.2, 0.25) is 0 Å². The van der Waals surface area contributed by atoms with Crippen LogP contribution in [0.25, 0.3) is 11.1 Å². The maximum Gasteiger partial charge on any atom is 0.412 e. The molecular formula is C15H20N4O2. The Kier molecular flexibility index (Phi) is 3.88. The highest BCUT2D eigenvalue weighted by molar-refractivity contribution is 5.88. The number of nitrogens with two attached hydrogens (primary N) is 1. The Morgan fingerprint density at radius 1 is 1.38 bits per heavy atom. The monoisotopic (exact) mass is 288 g/mol. The number of nitrogens with one attached hydrogen (secondary N) is 2. The number of amides is 1. The van der Waals surface area contributed by atoms with Crippen molar-refractivity contribution in [1.82, 2.24) is 10.2 Å². The van der Waals surface area contributed by atoms with Crippen molar-refractivity contribution in [2.75, 3.05) is 11.1 Å². The van der Waals surface area contributed by atoms with Crippen molar-refractivity contribution >= 4 is 17.6 Å². The highest BCUT2D eigenvalue weighted by atomic mass is 16.6. The predicted molar refractivity (Wildman–Crippen MR) is 83.0 cm³/mol. The first-order valence-corrected chi connectivity index (χ1v) is 6.66. The van der Waals surface area contributed by atoms with E-state index in [-0.39, 0.29) is 0 Å². The number of benzene rings is 1. The maximum atomic E-state index is 11.9.